The minimum Gasteiger partial charge on any atom is -0.385 e. The Bertz CT molecular complexity index is 538. The number of alkyl halides is 4. The topological polar surface area (TPSA) is 39.4 Å². The zero-order valence-corrected chi connectivity index (χ0v) is 11.8. The average molecular weight is 311 g/mol. The molecule has 0 saturated heterocycles. The molecule has 0 fully saturated rings. The number of hydrogen-bond donors (Lipinski definition) is 0. The van der Waals surface area contributed by atoms with Gasteiger partial charge in [-0.05, 0) is 13.8 Å². The van der Waals surface area contributed by atoms with Crippen molar-refractivity contribution in [2.45, 2.75) is 37.5 Å². The Labute approximate surface area is 117 Å². The molecule has 112 valence electrons. The smallest absolute Gasteiger partial charge is 0.385 e. The van der Waals surface area contributed by atoms with Crippen LogP contribution in [0.3, 0.4) is 0 Å². The van der Waals surface area contributed by atoms with Gasteiger partial charge in [0.1, 0.15) is 0 Å². The summed E-state index contributed by atoms with van der Waals surface area (Å²) in [6.45, 7) is 3.05. The first-order valence-corrected chi connectivity index (χ1v) is 6.72. The van der Waals surface area contributed by atoms with E-state index in [0.717, 1.165) is 22.6 Å². The van der Waals surface area contributed by atoms with Crippen molar-refractivity contribution in [3.63, 3.8) is 0 Å². The molecule has 0 aromatic carbocycles. The predicted molar refractivity (Wildman–Crippen MR) is 67.0 cm³/mol. The lowest BCUT2D eigenvalue weighted by molar-refractivity contribution is -0.138. The molecule has 0 radical (unpaired) electrons. The molecule has 2 rings (SSSR count). The molecular weight excluding hydrogens is 298 g/mol. The number of halogens is 4. The van der Waals surface area contributed by atoms with E-state index in [4.69, 9.17) is 4.84 Å². The summed E-state index contributed by atoms with van der Waals surface area (Å²) in [5.74, 6) is -0.117. The molecule has 0 N–H and O–H groups in total. The zero-order chi connectivity index (χ0) is 15.1. The van der Waals surface area contributed by atoms with E-state index >= 15 is 0 Å². The summed E-state index contributed by atoms with van der Waals surface area (Å²) >= 11 is 0.865. The van der Waals surface area contributed by atoms with Gasteiger partial charge >= 0.3 is 6.18 Å². The van der Waals surface area contributed by atoms with Gasteiger partial charge in [-0.25, -0.2) is 4.39 Å². The molecule has 1 aromatic rings. The minimum absolute atomic E-state index is 0.0359. The fraction of sp³-hybridized carbons (Fsp3) is 0.636. The Morgan fingerprint density at radius 1 is 1.45 bits per heavy atom. The van der Waals surface area contributed by atoms with Crippen LogP contribution >= 0.6 is 11.8 Å². The summed E-state index contributed by atoms with van der Waals surface area (Å²) in [6, 6.07) is 0. The van der Waals surface area contributed by atoms with Gasteiger partial charge in [-0.2, -0.15) is 18.3 Å². The number of aromatic nitrogens is 2. The molecule has 0 saturated carbocycles. The lowest BCUT2D eigenvalue weighted by Crippen LogP contribution is -2.33. The van der Waals surface area contributed by atoms with Crippen LogP contribution in [-0.4, -0.2) is 26.6 Å². The summed E-state index contributed by atoms with van der Waals surface area (Å²) in [7, 11) is 1.40. The first-order valence-electron chi connectivity index (χ1n) is 5.74. The van der Waals surface area contributed by atoms with Gasteiger partial charge in [0, 0.05) is 19.0 Å². The molecule has 1 aliphatic rings. The molecule has 1 unspecified atom stereocenters. The maximum atomic E-state index is 13.9. The van der Waals surface area contributed by atoms with E-state index in [0.29, 0.717) is 0 Å². The van der Waals surface area contributed by atoms with E-state index in [-0.39, 0.29) is 16.5 Å². The number of aryl methyl sites for hydroxylation is 1. The Balaban J connectivity index is 2.10. The summed E-state index contributed by atoms with van der Waals surface area (Å²) in [5, 5.41) is 7.36. The highest BCUT2D eigenvalue weighted by Gasteiger charge is 2.42. The van der Waals surface area contributed by atoms with Gasteiger partial charge in [0.15, 0.2) is 16.8 Å². The Morgan fingerprint density at radius 2 is 2.10 bits per heavy atom. The highest BCUT2D eigenvalue weighted by Crippen LogP contribution is 2.35. The summed E-state index contributed by atoms with van der Waals surface area (Å²) in [4.78, 5) is 4.90. The molecule has 1 atom stereocenters. The average Bonchev–Trinajstić information content (AvgIpc) is 2.79. The van der Waals surface area contributed by atoms with Crippen LogP contribution in [-0.2, 0) is 23.8 Å². The summed E-state index contributed by atoms with van der Waals surface area (Å²) < 4.78 is 53.3. The molecular formula is C11H13F4N3OS. The van der Waals surface area contributed by atoms with E-state index < -0.39 is 23.5 Å². The van der Waals surface area contributed by atoms with Crippen LogP contribution in [0.5, 0.6) is 0 Å². The van der Waals surface area contributed by atoms with E-state index in [2.05, 4.69) is 10.3 Å². The van der Waals surface area contributed by atoms with Crippen molar-refractivity contribution in [1.82, 2.24) is 9.78 Å². The normalized spacial score (nSPS) is 21.8. The lowest BCUT2D eigenvalue weighted by atomic mass is 10.1. The van der Waals surface area contributed by atoms with Crippen molar-refractivity contribution in [3.05, 3.63) is 17.5 Å². The molecule has 0 spiro atoms. The second-order valence-corrected chi connectivity index (χ2v) is 5.93. The number of oxime groups is 1. The maximum Gasteiger partial charge on any atom is 0.419 e. The summed E-state index contributed by atoms with van der Waals surface area (Å²) in [6.07, 6.45) is -5.03. The molecule has 1 aromatic heterocycles. The predicted octanol–water partition coefficient (Wildman–Crippen LogP) is 3.13. The fourth-order valence-electron chi connectivity index (χ4n) is 1.67. The van der Waals surface area contributed by atoms with E-state index in [9.17, 15) is 17.6 Å². The van der Waals surface area contributed by atoms with E-state index in [1.807, 2.05) is 0 Å². The molecule has 9 heteroatoms. The van der Waals surface area contributed by atoms with Crippen LogP contribution in [0, 0.1) is 0 Å². The van der Waals surface area contributed by atoms with Gasteiger partial charge in [-0.3, -0.25) is 4.68 Å². The van der Waals surface area contributed by atoms with Gasteiger partial charge in [-0.15, -0.1) is 0 Å². The van der Waals surface area contributed by atoms with Crippen molar-refractivity contribution < 1.29 is 22.4 Å². The van der Waals surface area contributed by atoms with E-state index in [1.54, 1.807) is 0 Å². The fourth-order valence-corrected chi connectivity index (χ4v) is 2.69. The van der Waals surface area contributed by atoms with E-state index in [1.165, 1.54) is 20.9 Å². The third-order valence-electron chi connectivity index (χ3n) is 2.77. The molecule has 2 heterocycles. The number of hydrogen-bond acceptors (Lipinski definition) is 4. The van der Waals surface area contributed by atoms with Crippen molar-refractivity contribution in [1.29, 1.82) is 0 Å². The maximum absolute atomic E-state index is 13.9. The third-order valence-corrected chi connectivity index (χ3v) is 3.76. The molecule has 0 aliphatic carbocycles. The summed E-state index contributed by atoms with van der Waals surface area (Å²) in [5.41, 5.74) is -2.05. The molecule has 4 nitrogen and oxygen atoms in total. The minimum atomic E-state index is -4.48. The van der Waals surface area contributed by atoms with Crippen molar-refractivity contribution in [3.8, 4) is 0 Å². The van der Waals surface area contributed by atoms with Crippen LogP contribution in [0.15, 0.2) is 11.4 Å². The van der Waals surface area contributed by atoms with Crippen LogP contribution < -0.4 is 0 Å². The third kappa shape index (κ3) is 2.92. The first kappa shape index (κ1) is 15.1. The Kier molecular flexibility index (Phi) is 3.74. The highest BCUT2D eigenvalue weighted by atomic mass is 32.2. The second-order valence-electron chi connectivity index (χ2n) is 4.94. The van der Waals surface area contributed by atoms with Gasteiger partial charge in [-0.1, -0.05) is 16.9 Å². The Morgan fingerprint density at radius 3 is 2.60 bits per heavy atom. The van der Waals surface area contributed by atoms with Gasteiger partial charge in [0.05, 0.1) is 11.3 Å². The molecule has 1 aliphatic heterocycles. The quantitative estimate of drug-likeness (QED) is 0.788. The van der Waals surface area contributed by atoms with Crippen LogP contribution in [0.4, 0.5) is 17.6 Å². The van der Waals surface area contributed by atoms with Crippen LogP contribution in [0.25, 0.3) is 0 Å². The lowest BCUT2D eigenvalue weighted by Gasteiger charge is -2.17. The number of nitrogens with zero attached hydrogens (tertiary/aromatic N) is 3. The molecule has 0 amide bonds. The number of rotatable bonds is 2. The van der Waals surface area contributed by atoms with Gasteiger partial charge in [0.25, 0.3) is 0 Å². The SMILES string of the molecule is Cn1cc(C(F)(F)F)c(CSC2=NOC(C)(C)C2F)n1. The molecule has 0 bridgehead atoms. The van der Waals surface area contributed by atoms with Gasteiger partial charge in [0.2, 0.25) is 0 Å². The van der Waals surface area contributed by atoms with Crippen LogP contribution in [0.2, 0.25) is 0 Å². The zero-order valence-electron chi connectivity index (χ0n) is 11.0. The van der Waals surface area contributed by atoms with Crippen molar-refractivity contribution >= 4 is 16.8 Å². The van der Waals surface area contributed by atoms with Crippen LogP contribution in [0.1, 0.15) is 25.1 Å². The largest absolute Gasteiger partial charge is 0.419 e. The first-order chi connectivity index (χ1) is 9.11. The van der Waals surface area contributed by atoms with Crippen molar-refractivity contribution in [2.75, 3.05) is 0 Å². The van der Waals surface area contributed by atoms with Gasteiger partial charge < -0.3 is 4.84 Å². The van der Waals surface area contributed by atoms with Crippen molar-refractivity contribution in [2.24, 2.45) is 12.2 Å². The number of thioether (sulfide) groups is 1. The molecule has 20 heavy (non-hydrogen) atoms. The Hall–Kier alpha value is -1.25. The highest BCUT2D eigenvalue weighted by molar-refractivity contribution is 8.13. The second kappa shape index (κ2) is 4.94. The standard InChI is InChI=1S/C11H13F4N3OS/c1-10(2)8(12)9(17-19-10)20-5-7-6(11(13,14)15)4-18(3)16-7/h4,8H,5H2,1-3H3. The monoisotopic (exact) mass is 311 g/mol.